The Hall–Kier alpha value is -3.14. The molecule has 3 aromatic rings. The van der Waals surface area contributed by atoms with E-state index in [4.69, 9.17) is 9.47 Å². The number of methoxy groups -OCH3 is 1. The van der Waals surface area contributed by atoms with Crippen molar-refractivity contribution in [2.45, 2.75) is 20.5 Å². The predicted molar refractivity (Wildman–Crippen MR) is 107 cm³/mol. The fourth-order valence-corrected chi connectivity index (χ4v) is 2.67. The number of benzene rings is 3. The van der Waals surface area contributed by atoms with Crippen molar-refractivity contribution in [3.63, 3.8) is 0 Å². The van der Waals surface area contributed by atoms with E-state index in [1.165, 1.54) is 11.6 Å². The van der Waals surface area contributed by atoms with Gasteiger partial charge in [0.1, 0.15) is 12.4 Å². The zero-order chi connectivity index (χ0) is 19.2. The number of hydrogen-bond acceptors (Lipinski definition) is 3. The molecule has 0 aromatic heterocycles. The van der Waals surface area contributed by atoms with Gasteiger partial charge in [0.15, 0.2) is 11.5 Å². The summed E-state index contributed by atoms with van der Waals surface area (Å²) in [6, 6.07) is 18.2. The molecule has 0 saturated heterocycles. The van der Waals surface area contributed by atoms with E-state index in [1.54, 1.807) is 31.5 Å². The average Bonchev–Trinajstić information content (AvgIpc) is 2.69. The van der Waals surface area contributed by atoms with Crippen LogP contribution in [0.5, 0.6) is 11.5 Å². The van der Waals surface area contributed by atoms with Gasteiger partial charge in [-0.3, -0.25) is 4.99 Å². The van der Waals surface area contributed by atoms with Gasteiger partial charge in [0, 0.05) is 11.8 Å². The minimum atomic E-state index is -0.284. The number of hydrogen-bond donors (Lipinski definition) is 0. The molecule has 27 heavy (non-hydrogen) atoms. The fraction of sp³-hybridized carbons (Fsp3) is 0.174. The van der Waals surface area contributed by atoms with E-state index in [1.807, 2.05) is 30.3 Å². The zero-order valence-electron chi connectivity index (χ0n) is 15.7. The Labute approximate surface area is 159 Å². The molecule has 138 valence electrons. The Morgan fingerprint density at radius 1 is 0.963 bits per heavy atom. The van der Waals surface area contributed by atoms with Crippen LogP contribution >= 0.6 is 0 Å². The van der Waals surface area contributed by atoms with Gasteiger partial charge in [0.25, 0.3) is 0 Å². The molecule has 0 bridgehead atoms. The minimum Gasteiger partial charge on any atom is -0.493 e. The largest absolute Gasteiger partial charge is 0.493 e. The lowest BCUT2D eigenvalue weighted by Gasteiger charge is -2.12. The van der Waals surface area contributed by atoms with Crippen LogP contribution in [-0.4, -0.2) is 13.3 Å². The summed E-state index contributed by atoms with van der Waals surface area (Å²) in [4.78, 5) is 4.58. The molecule has 0 aliphatic carbocycles. The lowest BCUT2D eigenvalue weighted by Crippen LogP contribution is -2.00. The molecule has 4 heteroatoms. The van der Waals surface area contributed by atoms with E-state index in [9.17, 15) is 4.39 Å². The van der Waals surface area contributed by atoms with Crippen molar-refractivity contribution >= 4 is 11.9 Å². The van der Waals surface area contributed by atoms with E-state index in [-0.39, 0.29) is 12.4 Å². The van der Waals surface area contributed by atoms with Crippen LogP contribution in [0.25, 0.3) is 0 Å². The summed E-state index contributed by atoms with van der Waals surface area (Å²) in [7, 11) is 1.58. The molecule has 0 radical (unpaired) electrons. The normalized spacial score (nSPS) is 11.0. The summed E-state index contributed by atoms with van der Waals surface area (Å²) < 4.78 is 24.9. The number of halogens is 1. The van der Waals surface area contributed by atoms with Gasteiger partial charge in [-0.05, 0) is 60.9 Å². The molecule has 0 aliphatic rings. The van der Waals surface area contributed by atoms with E-state index in [2.05, 4.69) is 24.9 Å². The van der Waals surface area contributed by atoms with Gasteiger partial charge in [0.2, 0.25) is 0 Å². The van der Waals surface area contributed by atoms with Crippen LogP contribution in [-0.2, 0) is 6.61 Å². The first kappa shape index (κ1) is 18.6. The predicted octanol–water partition coefficient (Wildman–Crippen LogP) is 5.78. The van der Waals surface area contributed by atoms with Gasteiger partial charge in [-0.2, -0.15) is 0 Å². The van der Waals surface area contributed by atoms with Crippen LogP contribution in [0.4, 0.5) is 10.1 Å². The van der Waals surface area contributed by atoms with Crippen LogP contribution in [0.1, 0.15) is 22.3 Å². The molecule has 0 aliphatic heterocycles. The maximum Gasteiger partial charge on any atom is 0.161 e. The first-order chi connectivity index (χ1) is 13.1. The van der Waals surface area contributed by atoms with Crippen LogP contribution in [0.2, 0.25) is 0 Å². The summed E-state index contributed by atoms with van der Waals surface area (Å²) >= 11 is 0. The second-order valence-electron chi connectivity index (χ2n) is 6.27. The van der Waals surface area contributed by atoms with Crippen molar-refractivity contribution in [2.24, 2.45) is 4.99 Å². The van der Waals surface area contributed by atoms with E-state index < -0.39 is 0 Å². The molecule has 0 amide bonds. The molecule has 0 N–H and O–H groups in total. The highest BCUT2D eigenvalue weighted by Gasteiger charge is 2.08. The monoisotopic (exact) mass is 363 g/mol. The van der Waals surface area contributed by atoms with Crippen molar-refractivity contribution in [2.75, 3.05) is 7.11 Å². The van der Waals surface area contributed by atoms with Crippen molar-refractivity contribution in [3.05, 3.63) is 88.7 Å². The van der Waals surface area contributed by atoms with Gasteiger partial charge in [-0.1, -0.05) is 30.3 Å². The Kier molecular flexibility index (Phi) is 5.87. The first-order valence-electron chi connectivity index (χ1n) is 8.73. The third kappa shape index (κ3) is 4.53. The van der Waals surface area contributed by atoms with E-state index >= 15 is 0 Å². The molecule has 0 unspecified atom stereocenters. The summed E-state index contributed by atoms with van der Waals surface area (Å²) in [5.41, 5.74) is 4.70. The number of aryl methyl sites for hydroxylation is 1. The first-order valence-corrected chi connectivity index (χ1v) is 8.73. The topological polar surface area (TPSA) is 30.8 Å². The lowest BCUT2D eigenvalue weighted by molar-refractivity contribution is 0.279. The number of nitrogens with zero attached hydrogens (tertiary/aromatic N) is 1. The number of ether oxygens (including phenoxy) is 2. The second kappa shape index (κ2) is 8.49. The quantitative estimate of drug-likeness (QED) is 0.520. The highest BCUT2D eigenvalue weighted by atomic mass is 19.1. The molecule has 0 heterocycles. The lowest BCUT2D eigenvalue weighted by atomic mass is 10.1. The van der Waals surface area contributed by atoms with Gasteiger partial charge in [-0.15, -0.1) is 0 Å². The summed E-state index contributed by atoms with van der Waals surface area (Å²) in [6.45, 7) is 4.26. The Morgan fingerprint density at radius 2 is 1.78 bits per heavy atom. The molecule has 0 fully saturated rings. The Morgan fingerprint density at radius 3 is 2.56 bits per heavy atom. The Balaban J connectivity index is 1.77. The van der Waals surface area contributed by atoms with Crippen molar-refractivity contribution in [3.8, 4) is 11.5 Å². The molecular formula is C23H22FNO2. The zero-order valence-corrected chi connectivity index (χ0v) is 15.7. The third-order valence-electron chi connectivity index (χ3n) is 4.46. The maximum atomic E-state index is 13.7. The highest BCUT2D eigenvalue weighted by Crippen LogP contribution is 2.29. The summed E-state index contributed by atoms with van der Waals surface area (Å²) in [6.07, 6.45) is 1.80. The SMILES string of the molecule is COc1cc(C=Nc2cccc(C)c2C)ccc1OCc1ccccc1F. The third-order valence-corrected chi connectivity index (χ3v) is 4.46. The minimum absolute atomic E-state index is 0.138. The van der Waals surface area contributed by atoms with Crippen molar-refractivity contribution < 1.29 is 13.9 Å². The van der Waals surface area contributed by atoms with Crippen LogP contribution in [0.3, 0.4) is 0 Å². The summed E-state index contributed by atoms with van der Waals surface area (Å²) in [5, 5.41) is 0. The smallest absolute Gasteiger partial charge is 0.161 e. The van der Waals surface area contributed by atoms with E-state index in [0.717, 1.165) is 16.8 Å². The molecule has 3 rings (SSSR count). The second-order valence-corrected chi connectivity index (χ2v) is 6.27. The van der Waals surface area contributed by atoms with Crippen LogP contribution in [0, 0.1) is 19.7 Å². The van der Waals surface area contributed by atoms with Crippen molar-refractivity contribution in [1.82, 2.24) is 0 Å². The fourth-order valence-electron chi connectivity index (χ4n) is 2.67. The van der Waals surface area contributed by atoms with Crippen LogP contribution < -0.4 is 9.47 Å². The molecule has 0 spiro atoms. The van der Waals surface area contributed by atoms with Gasteiger partial charge < -0.3 is 9.47 Å². The molecule has 3 nitrogen and oxygen atoms in total. The van der Waals surface area contributed by atoms with Gasteiger partial charge in [0.05, 0.1) is 12.8 Å². The highest BCUT2D eigenvalue weighted by molar-refractivity contribution is 5.83. The standard InChI is InChI=1S/C23H22FNO2/c1-16-7-6-10-21(17(16)2)25-14-18-11-12-22(23(13-18)26-3)27-15-19-8-4-5-9-20(19)24/h4-14H,15H2,1-3H3. The van der Waals surface area contributed by atoms with E-state index in [0.29, 0.717) is 17.1 Å². The molecule has 0 saturated carbocycles. The molecule has 3 aromatic carbocycles. The molecule has 0 atom stereocenters. The number of aliphatic imine (C=N–C) groups is 1. The van der Waals surface area contributed by atoms with Gasteiger partial charge in [-0.25, -0.2) is 4.39 Å². The summed E-state index contributed by atoms with van der Waals surface area (Å²) in [5.74, 6) is 0.856. The van der Waals surface area contributed by atoms with Crippen molar-refractivity contribution in [1.29, 1.82) is 0 Å². The van der Waals surface area contributed by atoms with Crippen LogP contribution in [0.15, 0.2) is 65.7 Å². The molecular weight excluding hydrogens is 341 g/mol. The number of rotatable bonds is 6. The maximum absolute atomic E-state index is 13.7. The average molecular weight is 363 g/mol. The van der Waals surface area contributed by atoms with Gasteiger partial charge >= 0.3 is 0 Å². The Bertz CT molecular complexity index is 966.